The van der Waals surface area contributed by atoms with E-state index >= 15 is 0 Å². The van der Waals surface area contributed by atoms with Gasteiger partial charge in [0, 0.05) is 6.54 Å². The summed E-state index contributed by atoms with van der Waals surface area (Å²) in [6.07, 6.45) is -0.294. The molecule has 0 aliphatic carbocycles. The van der Waals surface area contributed by atoms with Crippen LogP contribution in [0.15, 0.2) is 0 Å². The van der Waals surface area contributed by atoms with E-state index in [-0.39, 0.29) is 11.5 Å². The molecule has 1 atom stereocenters. The van der Waals surface area contributed by atoms with Crippen LogP contribution in [0, 0.1) is 5.41 Å². The zero-order valence-electron chi connectivity index (χ0n) is 7.50. The first-order valence-electron chi connectivity index (χ1n) is 4.03. The molecule has 66 valence electrons. The number of aliphatic hydroxyl groups excluding tert-OH is 1. The molecule has 0 bridgehead atoms. The number of rotatable bonds is 1. The fourth-order valence-corrected chi connectivity index (χ4v) is 1.17. The normalized spacial score (nSPS) is 27.8. The molecule has 0 aromatic carbocycles. The molecule has 0 spiro atoms. The maximum atomic E-state index is 9.13. The van der Waals surface area contributed by atoms with Crippen molar-refractivity contribution < 1.29 is 9.94 Å². The highest BCUT2D eigenvalue weighted by Gasteiger charge is 2.25. The molecule has 1 fully saturated rings. The Balaban J connectivity index is 2.29. The van der Waals surface area contributed by atoms with Crippen molar-refractivity contribution in [1.82, 2.24) is 5.06 Å². The Labute approximate surface area is 67.9 Å². The minimum Gasteiger partial charge on any atom is -0.389 e. The number of hydrogen-bond donors (Lipinski definition) is 1. The van der Waals surface area contributed by atoms with Crippen LogP contribution in [0.1, 0.15) is 20.8 Å². The maximum absolute atomic E-state index is 9.13. The first-order valence-corrected chi connectivity index (χ1v) is 4.03. The lowest BCUT2D eigenvalue weighted by molar-refractivity contribution is -0.126. The van der Waals surface area contributed by atoms with E-state index in [0.29, 0.717) is 13.2 Å². The van der Waals surface area contributed by atoms with E-state index in [2.05, 4.69) is 20.8 Å². The van der Waals surface area contributed by atoms with Crippen LogP contribution in [0.5, 0.6) is 0 Å². The van der Waals surface area contributed by atoms with Gasteiger partial charge in [0.1, 0.15) is 0 Å². The van der Waals surface area contributed by atoms with E-state index in [1.54, 1.807) is 0 Å². The Morgan fingerprint density at radius 1 is 1.55 bits per heavy atom. The van der Waals surface area contributed by atoms with Crippen molar-refractivity contribution in [1.29, 1.82) is 0 Å². The average Bonchev–Trinajstić information content (AvgIpc) is 2.10. The summed E-state index contributed by atoms with van der Waals surface area (Å²) in [6, 6.07) is 0. The second-order valence-electron chi connectivity index (χ2n) is 4.33. The summed E-state index contributed by atoms with van der Waals surface area (Å²) in [5, 5.41) is 11.0. The molecule has 1 unspecified atom stereocenters. The Kier molecular flexibility index (Phi) is 2.52. The van der Waals surface area contributed by atoms with Crippen molar-refractivity contribution in [3.05, 3.63) is 0 Å². The SMILES string of the molecule is CC(C)(C)CN1CC(O)CO1. The van der Waals surface area contributed by atoms with Crippen LogP contribution in [0.4, 0.5) is 0 Å². The predicted octanol–water partition coefficient (Wildman–Crippen LogP) is 0.641. The van der Waals surface area contributed by atoms with E-state index in [4.69, 9.17) is 9.94 Å². The fourth-order valence-electron chi connectivity index (χ4n) is 1.17. The van der Waals surface area contributed by atoms with Gasteiger partial charge in [-0.15, -0.1) is 0 Å². The zero-order chi connectivity index (χ0) is 8.48. The molecule has 1 rings (SSSR count). The molecule has 3 heteroatoms. The van der Waals surface area contributed by atoms with Crippen LogP contribution < -0.4 is 0 Å². The zero-order valence-corrected chi connectivity index (χ0v) is 7.50. The fraction of sp³-hybridized carbons (Fsp3) is 1.00. The van der Waals surface area contributed by atoms with Crippen molar-refractivity contribution >= 4 is 0 Å². The molecule has 1 heterocycles. The van der Waals surface area contributed by atoms with Gasteiger partial charge in [-0.2, -0.15) is 5.06 Å². The van der Waals surface area contributed by atoms with Crippen LogP contribution in [-0.4, -0.2) is 36.0 Å². The third-order valence-corrected chi connectivity index (χ3v) is 1.51. The minimum absolute atomic E-state index is 0.240. The molecule has 0 aromatic rings. The number of hydrogen-bond acceptors (Lipinski definition) is 3. The van der Waals surface area contributed by atoms with E-state index in [0.717, 1.165) is 6.54 Å². The molecule has 0 radical (unpaired) electrons. The van der Waals surface area contributed by atoms with Crippen molar-refractivity contribution in [3.8, 4) is 0 Å². The molecule has 3 nitrogen and oxygen atoms in total. The lowest BCUT2D eigenvalue weighted by atomic mass is 9.97. The minimum atomic E-state index is -0.294. The van der Waals surface area contributed by atoms with Gasteiger partial charge in [-0.05, 0) is 5.41 Å². The predicted molar refractivity (Wildman–Crippen MR) is 43.0 cm³/mol. The van der Waals surface area contributed by atoms with E-state index in [1.165, 1.54) is 0 Å². The highest BCUT2D eigenvalue weighted by atomic mass is 16.7. The summed E-state index contributed by atoms with van der Waals surface area (Å²) < 4.78 is 0. The Morgan fingerprint density at radius 2 is 2.18 bits per heavy atom. The topological polar surface area (TPSA) is 32.7 Å². The van der Waals surface area contributed by atoms with E-state index in [1.807, 2.05) is 5.06 Å². The second-order valence-corrected chi connectivity index (χ2v) is 4.33. The monoisotopic (exact) mass is 159 g/mol. The largest absolute Gasteiger partial charge is 0.389 e. The number of nitrogens with zero attached hydrogens (tertiary/aromatic N) is 1. The van der Waals surface area contributed by atoms with Crippen molar-refractivity contribution in [2.75, 3.05) is 19.7 Å². The summed E-state index contributed by atoms with van der Waals surface area (Å²) in [6.45, 7) is 8.45. The second kappa shape index (κ2) is 3.09. The molecular formula is C8H17NO2. The lowest BCUT2D eigenvalue weighted by Gasteiger charge is -2.24. The maximum Gasteiger partial charge on any atom is 0.0958 e. The molecular weight excluding hydrogens is 142 g/mol. The van der Waals surface area contributed by atoms with Crippen molar-refractivity contribution in [2.45, 2.75) is 26.9 Å². The van der Waals surface area contributed by atoms with Gasteiger partial charge in [-0.25, -0.2) is 0 Å². The summed E-state index contributed by atoms with van der Waals surface area (Å²) in [5.41, 5.74) is 0.240. The summed E-state index contributed by atoms with van der Waals surface area (Å²) in [4.78, 5) is 5.22. The van der Waals surface area contributed by atoms with Gasteiger partial charge < -0.3 is 5.11 Å². The molecule has 1 saturated heterocycles. The van der Waals surface area contributed by atoms with Gasteiger partial charge in [0.15, 0.2) is 0 Å². The molecule has 0 amide bonds. The summed E-state index contributed by atoms with van der Waals surface area (Å²) in [5.74, 6) is 0. The third kappa shape index (κ3) is 3.18. The number of hydroxylamine groups is 2. The van der Waals surface area contributed by atoms with Crippen LogP contribution >= 0.6 is 0 Å². The Bertz CT molecular complexity index is 131. The quantitative estimate of drug-likeness (QED) is 0.609. The average molecular weight is 159 g/mol. The smallest absolute Gasteiger partial charge is 0.0958 e. The van der Waals surface area contributed by atoms with Crippen LogP contribution in [0.2, 0.25) is 0 Å². The molecule has 1 aliphatic heterocycles. The highest BCUT2D eigenvalue weighted by molar-refractivity contribution is 4.70. The molecule has 0 saturated carbocycles. The molecule has 11 heavy (non-hydrogen) atoms. The van der Waals surface area contributed by atoms with E-state index in [9.17, 15) is 0 Å². The molecule has 0 aromatic heterocycles. The van der Waals surface area contributed by atoms with Gasteiger partial charge in [0.2, 0.25) is 0 Å². The summed E-state index contributed by atoms with van der Waals surface area (Å²) >= 11 is 0. The van der Waals surface area contributed by atoms with E-state index < -0.39 is 0 Å². The van der Waals surface area contributed by atoms with Gasteiger partial charge in [-0.3, -0.25) is 4.84 Å². The van der Waals surface area contributed by atoms with Crippen LogP contribution in [0.3, 0.4) is 0 Å². The van der Waals surface area contributed by atoms with Gasteiger partial charge >= 0.3 is 0 Å². The van der Waals surface area contributed by atoms with Crippen molar-refractivity contribution in [3.63, 3.8) is 0 Å². The van der Waals surface area contributed by atoms with Crippen molar-refractivity contribution in [2.24, 2.45) is 5.41 Å². The van der Waals surface area contributed by atoms with Gasteiger partial charge in [0.25, 0.3) is 0 Å². The standard InChI is InChI=1S/C8H17NO2/c1-8(2,3)6-9-4-7(10)5-11-9/h7,10H,4-6H2,1-3H3. The number of aliphatic hydroxyl groups is 1. The summed E-state index contributed by atoms with van der Waals surface area (Å²) in [7, 11) is 0. The Morgan fingerprint density at radius 3 is 2.55 bits per heavy atom. The highest BCUT2D eigenvalue weighted by Crippen LogP contribution is 2.17. The first-order chi connectivity index (χ1) is 4.97. The van der Waals surface area contributed by atoms with Gasteiger partial charge in [-0.1, -0.05) is 20.8 Å². The lowest BCUT2D eigenvalue weighted by Crippen LogP contribution is -2.30. The first kappa shape index (κ1) is 8.97. The Hall–Kier alpha value is -0.120. The van der Waals surface area contributed by atoms with Crippen LogP contribution in [-0.2, 0) is 4.84 Å². The molecule has 1 N–H and O–H groups in total. The molecule has 1 aliphatic rings. The number of β-amino-alcohol motifs (C(OH)–C–C–N with tert-alkyl or cyclic N) is 1. The van der Waals surface area contributed by atoms with Crippen LogP contribution in [0.25, 0.3) is 0 Å². The van der Waals surface area contributed by atoms with Gasteiger partial charge in [0.05, 0.1) is 19.3 Å². The third-order valence-electron chi connectivity index (χ3n) is 1.51.